The highest BCUT2D eigenvalue weighted by molar-refractivity contribution is 6.08. The van der Waals surface area contributed by atoms with E-state index in [9.17, 15) is 4.79 Å². The highest BCUT2D eigenvalue weighted by atomic mass is 16.2. The van der Waals surface area contributed by atoms with E-state index in [4.69, 9.17) is 0 Å². The van der Waals surface area contributed by atoms with Crippen molar-refractivity contribution in [2.24, 2.45) is 0 Å². The first-order valence-corrected chi connectivity index (χ1v) is 8.81. The number of aromatic amines is 1. The predicted octanol–water partition coefficient (Wildman–Crippen LogP) is 3.75. The largest absolute Gasteiger partial charge is 0.368 e. The minimum absolute atomic E-state index is 0.138. The number of aromatic nitrogens is 1. The summed E-state index contributed by atoms with van der Waals surface area (Å²) in [4.78, 5) is 20.8. The zero-order valence-corrected chi connectivity index (χ0v) is 14.7. The maximum atomic E-state index is 13.1. The summed E-state index contributed by atoms with van der Waals surface area (Å²) in [6.45, 7) is 7.35. The summed E-state index contributed by atoms with van der Waals surface area (Å²) in [5.41, 5.74) is 5.31. The Balaban J connectivity index is 1.52. The number of carbonyl (C=O) groups excluding carboxylic acids is 1. The van der Waals surface area contributed by atoms with Crippen LogP contribution in [0.4, 0.5) is 5.69 Å². The minimum atomic E-state index is 0.138. The van der Waals surface area contributed by atoms with Crippen LogP contribution in [0, 0.1) is 13.8 Å². The van der Waals surface area contributed by atoms with Crippen LogP contribution in [0.1, 0.15) is 21.6 Å². The number of fused-ring (bicyclic) bond motifs is 1. The molecule has 0 radical (unpaired) electrons. The standard InChI is InChI=1S/C21H23N3O/c1-15-6-5-7-17(14-15)23-10-12-24(13-11-23)21(25)20-16(2)22-19-9-4-3-8-18(19)20/h3-9,14,22H,10-13H2,1-2H3. The van der Waals surface area contributed by atoms with Crippen molar-refractivity contribution < 1.29 is 4.79 Å². The van der Waals surface area contributed by atoms with Crippen LogP contribution in [0.15, 0.2) is 48.5 Å². The summed E-state index contributed by atoms with van der Waals surface area (Å²) in [6, 6.07) is 16.6. The molecular formula is C21H23N3O. The summed E-state index contributed by atoms with van der Waals surface area (Å²) in [5.74, 6) is 0.138. The van der Waals surface area contributed by atoms with Gasteiger partial charge < -0.3 is 14.8 Å². The zero-order valence-electron chi connectivity index (χ0n) is 14.7. The van der Waals surface area contributed by atoms with Crippen molar-refractivity contribution in [2.45, 2.75) is 13.8 Å². The normalized spacial score (nSPS) is 15.0. The van der Waals surface area contributed by atoms with Gasteiger partial charge in [0.25, 0.3) is 5.91 Å². The molecule has 4 heteroatoms. The van der Waals surface area contributed by atoms with Gasteiger partial charge in [-0.25, -0.2) is 0 Å². The minimum Gasteiger partial charge on any atom is -0.368 e. The number of H-pyrrole nitrogens is 1. The molecule has 0 spiro atoms. The number of nitrogens with zero attached hydrogens (tertiary/aromatic N) is 2. The van der Waals surface area contributed by atoms with E-state index in [0.29, 0.717) is 0 Å². The van der Waals surface area contributed by atoms with Crippen molar-refractivity contribution in [3.8, 4) is 0 Å². The summed E-state index contributed by atoms with van der Waals surface area (Å²) in [6.07, 6.45) is 0. The van der Waals surface area contributed by atoms with Crippen LogP contribution >= 0.6 is 0 Å². The number of anilines is 1. The molecule has 0 unspecified atom stereocenters. The number of nitrogens with one attached hydrogen (secondary N) is 1. The molecule has 0 atom stereocenters. The van der Waals surface area contributed by atoms with E-state index in [1.165, 1.54) is 11.3 Å². The number of piperazine rings is 1. The number of benzene rings is 2. The third kappa shape index (κ3) is 2.88. The van der Waals surface area contributed by atoms with Crippen molar-refractivity contribution in [1.29, 1.82) is 0 Å². The van der Waals surface area contributed by atoms with E-state index >= 15 is 0 Å². The number of para-hydroxylation sites is 1. The highest BCUT2D eigenvalue weighted by Crippen LogP contribution is 2.24. The molecule has 4 nitrogen and oxygen atoms in total. The SMILES string of the molecule is Cc1cccc(N2CCN(C(=O)c3c(C)[nH]c4ccccc34)CC2)c1. The Morgan fingerprint density at radius 3 is 2.48 bits per heavy atom. The predicted molar refractivity (Wildman–Crippen MR) is 102 cm³/mol. The van der Waals surface area contributed by atoms with Gasteiger partial charge >= 0.3 is 0 Å². The number of aryl methyl sites for hydroxylation is 2. The van der Waals surface area contributed by atoms with Crippen molar-refractivity contribution in [1.82, 2.24) is 9.88 Å². The van der Waals surface area contributed by atoms with E-state index in [1.807, 2.05) is 36.1 Å². The molecule has 1 aliphatic heterocycles. The maximum Gasteiger partial charge on any atom is 0.256 e. The molecule has 25 heavy (non-hydrogen) atoms. The molecule has 2 heterocycles. The monoisotopic (exact) mass is 333 g/mol. The molecule has 128 valence electrons. The fraction of sp³-hybridized carbons (Fsp3) is 0.286. The topological polar surface area (TPSA) is 39.3 Å². The molecule has 1 N–H and O–H groups in total. The lowest BCUT2D eigenvalue weighted by Crippen LogP contribution is -2.48. The van der Waals surface area contributed by atoms with Crippen LogP contribution in [-0.2, 0) is 0 Å². The maximum absolute atomic E-state index is 13.1. The quantitative estimate of drug-likeness (QED) is 0.776. The van der Waals surface area contributed by atoms with Crippen molar-refractivity contribution >= 4 is 22.5 Å². The van der Waals surface area contributed by atoms with Gasteiger partial charge in [0, 0.05) is 48.5 Å². The third-order valence-electron chi connectivity index (χ3n) is 5.04. The lowest BCUT2D eigenvalue weighted by molar-refractivity contribution is 0.0748. The van der Waals surface area contributed by atoms with Crippen LogP contribution in [0.5, 0.6) is 0 Å². The Hall–Kier alpha value is -2.75. The Morgan fingerprint density at radius 1 is 0.960 bits per heavy atom. The van der Waals surface area contributed by atoms with E-state index in [-0.39, 0.29) is 5.91 Å². The molecule has 0 aliphatic carbocycles. The van der Waals surface area contributed by atoms with Gasteiger partial charge in [0.15, 0.2) is 0 Å². The summed E-state index contributed by atoms with van der Waals surface area (Å²) < 4.78 is 0. The molecule has 3 aromatic rings. The molecule has 1 amide bonds. The fourth-order valence-corrected chi connectivity index (χ4v) is 3.70. The van der Waals surface area contributed by atoms with Gasteiger partial charge in [0.05, 0.1) is 5.56 Å². The van der Waals surface area contributed by atoms with Gasteiger partial charge in [0.2, 0.25) is 0 Å². The number of hydrogen-bond acceptors (Lipinski definition) is 2. The van der Waals surface area contributed by atoms with Gasteiger partial charge in [0.1, 0.15) is 0 Å². The number of carbonyl (C=O) groups is 1. The van der Waals surface area contributed by atoms with Gasteiger partial charge in [-0.3, -0.25) is 4.79 Å². The summed E-state index contributed by atoms with van der Waals surface area (Å²) in [7, 11) is 0. The molecule has 1 aromatic heterocycles. The number of rotatable bonds is 2. The van der Waals surface area contributed by atoms with Gasteiger partial charge in [-0.05, 0) is 37.6 Å². The molecular weight excluding hydrogens is 310 g/mol. The van der Waals surface area contributed by atoms with E-state index in [2.05, 4.69) is 41.1 Å². The summed E-state index contributed by atoms with van der Waals surface area (Å²) >= 11 is 0. The Bertz CT molecular complexity index is 920. The third-order valence-corrected chi connectivity index (χ3v) is 5.04. The van der Waals surface area contributed by atoms with Crippen LogP contribution in [-0.4, -0.2) is 42.0 Å². The van der Waals surface area contributed by atoms with Crippen molar-refractivity contribution in [3.05, 3.63) is 65.4 Å². The lowest BCUT2D eigenvalue weighted by atomic mass is 10.1. The Labute approximate surface area is 148 Å². The fourth-order valence-electron chi connectivity index (χ4n) is 3.70. The molecule has 1 fully saturated rings. The van der Waals surface area contributed by atoms with E-state index in [1.54, 1.807) is 0 Å². The van der Waals surface area contributed by atoms with Crippen LogP contribution in [0.25, 0.3) is 10.9 Å². The molecule has 2 aromatic carbocycles. The van der Waals surface area contributed by atoms with Crippen molar-refractivity contribution in [3.63, 3.8) is 0 Å². The van der Waals surface area contributed by atoms with Crippen molar-refractivity contribution in [2.75, 3.05) is 31.1 Å². The summed E-state index contributed by atoms with van der Waals surface area (Å²) in [5, 5.41) is 1.02. The van der Waals surface area contributed by atoms with Gasteiger partial charge in [-0.1, -0.05) is 30.3 Å². The highest BCUT2D eigenvalue weighted by Gasteiger charge is 2.25. The van der Waals surface area contributed by atoms with Crippen LogP contribution in [0.3, 0.4) is 0 Å². The Morgan fingerprint density at radius 2 is 1.72 bits per heavy atom. The molecule has 4 rings (SSSR count). The smallest absolute Gasteiger partial charge is 0.256 e. The first-order chi connectivity index (χ1) is 12.1. The average molecular weight is 333 g/mol. The van der Waals surface area contributed by atoms with Crippen LogP contribution in [0.2, 0.25) is 0 Å². The average Bonchev–Trinajstić information content (AvgIpc) is 2.97. The van der Waals surface area contributed by atoms with E-state index < -0.39 is 0 Å². The first kappa shape index (κ1) is 15.8. The number of amides is 1. The second kappa shape index (κ2) is 6.28. The van der Waals surface area contributed by atoms with Gasteiger partial charge in [-0.2, -0.15) is 0 Å². The molecule has 1 aliphatic rings. The van der Waals surface area contributed by atoms with Gasteiger partial charge in [-0.15, -0.1) is 0 Å². The molecule has 0 bridgehead atoms. The van der Waals surface area contributed by atoms with E-state index in [0.717, 1.165) is 48.3 Å². The molecule has 0 saturated carbocycles. The second-order valence-corrected chi connectivity index (χ2v) is 6.79. The molecule has 1 saturated heterocycles. The second-order valence-electron chi connectivity index (χ2n) is 6.79. The zero-order chi connectivity index (χ0) is 17.4. The number of hydrogen-bond donors (Lipinski definition) is 1. The van der Waals surface area contributed by atoms with Crippen LogP contribution < -0.4 is 4.90 Å². The first-order valence-electron chi connectivity index (χ1n) is 8.81. The Kier molecular flexibility index (Phi) is 3.96. The lowest BCUT2D eigenvalue weighted by Gasteiger charge is -2.36.